The second-order valence-corrected chi connectivity index (χ2v) is 16.2. The average Bonchev–Trinajstić information content (AvgIpc) is 3.17. The van der Waals surface area contributed by atoms with E-state index in [1.54, 1.807) is 12.2 Å². The van der Waals surface area contributed by atoms with Gasteiger partial charge in [0.2, 0.25) is 0 Å². The zero-order chi connectivity index (χ0) is 40.5. The number of allylic oxidation sites excluding steroid dienone is 5. The summed E-state index contributed by atoms with van der Waals surface area (Å²) in [4.78, 5) is 34.8. The number of phosphoric ester groups is 1. The smallest absolute Gasteiger partial charge is 0.462 e. The first-order valence-corrected chi connectivity index (χ1v) is 23.5. The van der Waals surface area contributed by atoms with Crippen LogP contribution in [0.2, 0.25) is 0 Å². The lowest BCUT2D eigenvalue weighted by Gasteiger charge is -2.19. The van der Waals surface area contributed by atoms with Crippen LogP contribution < -0.4 is 0 Å². The van der Waals surface area contributed by atoms with Gasteiger partial charge in [0.1, 0.15) is 12.7 Å². The highest BCUT2D eigenvalue weighted by Gasteiger charge is 2.26. The molecule has 0 aliphatic carbocycles. The molecule has 0 spiro atoms. The lowest BCUT2D eigenvalue weighted by molar-refractivity contribution is -0.157. The van der Waals surface area contributed by atoms with Crippen molar-refractivity contribution in [2.24, 2.45) is 0 Å². The largest absolute Gasteiger partial charge is 0.472 e. The van der Waals surface area contributed by atoms with Gasteiger partial charge in [-0.1, -0.05) is 173 Å². The molecule has 0 saturated heterocycles. The van der Waals surface area contributed by atoms with Crippen LogP contribution in [0.25, 0.3) is 0 Å². The first-order valence-electron chi connectivity index (χ1n) is 22.0. The van der Waals surface area contributed by atoms with E-state index in [1.165, 1.54) is 134 Å². The van der Waals surface area contributed by atoms with Gasteiger partial charge >= 0.3 is 19.8 Å². The highest BCUT2D eigenvalue weighted by molar-refractivity contribution is 7.47. The number of phosphoric acid groups is 1. The van der Waals surface area contributed by atoms with E-state index in [9.17, 15) is 24.2 Å². The van der Waals surface area contributed by atoms with Gasteiger partial charge in [0.25, 0.3) is 0 Å². The van der Waals surface area contributed by atoms with Crippen LogP contribution in [-0.4, -0.2) is 65.7 Å². The van der Waals surface area contributed by atoms with Gasteiger partial charge in [-0.05, 0) is 44.9 Å². The monoisotopic (exact) mass is 801 g/mol. The summed E-state index contributed by atoms with van der Waals surface area (Å²) in [6.07, 6.45) is 41.7. The third-order valence-electron chi connectivity index (χ3n) is 9.37. The van der Waals surface area contributed by atoms with Crippen LogP contribution in [0.3, 0.4) is 0 Å². The summed E-state index contributed by atoms with van der Waals surface area (Å²) in [5.74, 6) is -1.18. The van der Waals surface area contributed by atoms with Gasteiger partial charge in [-0.2, -0.15) is 0 Å². The Morgan fingerprint density at radius 2 is 1.02 bits per heavy atom. The maximum Gasteiger partial charge on any atom is 0.472 e. The topological polar surface area (TPSA) is 149 Å². The number of unbranched alkanes of at least 4 members (excludes halogenated alkanes) is 24. The van der Waals surface area contributed by atoms with Crippen molar-refractivity contribution in [3.8, 4) is 0 Å². The fourth-order valence-electron chi connectivity index (χ4n) is 5.95. The lowest BCUT2D eigenvalue weighted by Crippen LogP contribution is -2.29. The minimum Gasteiger partial charge on any atom is -0.462 e. The Hall–Kier alpha value is -1.81. The van der Waals surface area contributed by atoms with Gasteiger partial charge in [0.05, 0.1) is 19.8 Å². The molecule has 0 heterocycles. The van der Waals surface area contributed by atoms with E-state index in [-0.39, 0.29) is 13.0 Å². The molecular weight excluding hydrogens is 719 g/mol. The molecule has 0 aromatic rings. The summed E-state index contributed by atoms with van der Waals surface area (Å²) >= 11 is 0. The van der Waals surface area contributed by atoms with Crippen molar-refractivity contribution in [2.75, 3.05) is 26.4 Å². The molecule has 0 saturated carbocycles. The number of ether oxygens (including phenoxy) is 2. The number of carbonyl (C=O) groups is 2. The Labute approximate surface area is 335 Å². The molecule has 1 unspecified atom stereocenters. The minimum atomic E-state index is -4.64. The SMILES string of the molecule is CCCCCCCC/C=C/CCCCCCCCCC(=O)OC[C@H](COP(=O)(O)OC[C@@H](O)CO)OC(=O)/C=C/C=C/CCCCCCCCCCCCC. The molecule has 0 aromatic heterocycles. The third-order valence-corrected chi connectivity index (χ3v) is 10.3. The van der Waals surface area contributed by atoms with Gasteiger partial charge in [0.15, 0.2) is 6.10 Å². The van der Waals surface area contributed by atoms with Crippen molar-refractivity contribution in [3.63, 3.8) is 0 Å². The molecule has 322 valence electrons. The predicted molar refractivity (Wildman–Crippen MR) is 224 cm³/mol. The normalized spacial score (nSPS) is 14.2. The molecule has 0 rings (SSSR count). The minimum absolute atomic E-state index is 0.218. The van der Waals surface area contributed by atoms with E-state index in [1.807, 2.05) is 6.08 Å². The van der Waals surface area contributed by atoms with E-state index < -0.39 is 51.8 Å². The third kappa shape index (κ3) is 40.2. The number of aliphatic hydroxyl groups excluding tert-OH is 2. The highest BCUT2D eigenvalue weighted by Crippen LogP contribution is 2.43. The van der Waals surface area contributed by atoms with Gasteiger partial charge in [0, 0.05) is 12.5 Å². The fraction of sp³-hybridized carbons (Fsp3) is 0.818. The molecule has 0 aromatic carbocycles. The quantitative estimate of drug-likeness (QED) is 0.0136. The van der Waals surface area contributed by atoms with Crippen molar-refractivity contribution in [3.05, 3.63) is 36.5 Å². The summed E-state index contributed by atoms with van der Waals surface area (Å²) in [5, 5.41) is 18.3. The molecular formula is C44H81O10P. The van der Waals surface area contributed by atoms with Crippen molar-refractivity contribution >= 4 is 19.8 Å². The molecule has 0 fully saturated rings. The Balaban J connectivity index is 4.37. The van der Waals surface area contributed by atoms with Gasteiger partial charge in [-0.15, -0.1) is 0 Å². The maximum absolute atomic E-state index is 12.5. The van der Waals surface area contributed by atoms with Crippen molar-refractivity contribution in [1.82, 2.24) is 0 Å². The van der Waals surface area contributed by atoms with Crippen LogP contribution in [-0.2, 0) is 32.7 Å². The Morgan fingerprint density at radius 1 is 0.582 bits per heavy atom. The summed E-state index contributed by atoms with van der Waals surface area (Å²) in [6, 6.07) is 0. The molecule has 11 heteroatoms. The molecule has 55 heavy (non-hydrogen) atoms. The second kappa shape index (κ2) is 40.4. The zero-order valence-electron chi connectivity index (χ0n) is 34.9. The number of esters is 2. The van der Waals surface area contributed by atoms with Gasteiger partial charge in [-0.3, -0.25) is 13.8 Å². The summed E-state index contributed by atoms with van der Waals surface area (Å²) in [5.41, 5.74) is 0. The molecule has 0 bridgehead atoms. The highest BCUT2D eigenvalue weighted by atomic mass is 31.2. The molecule has 0 aliphatic heterocycles. The Morgan fingerprint density at radius 3 is 1.51 bits per heavy atom. The average molecular weight is 801 g/mol. The zero-order valence-corrected chi connectivity index (χ0v) is 35.8. The van der Waals surface area contributed by atoms with Crippen LogP contribution in [0.15, 0.2) is 36.5 Å². The maximum atomic E-state index is 12.5. The van der Waals surface area contributed by atoms with E-state index in [0.29, 0.717) is 6.42 Å². The summed E-state index contributed by atoms with van der Waals surface area (Å²) in [6.45, 7) is 2.26. The van der Waals surface area contributed by atoms with Gasteiger partial charge < -0.3 is 24.6 Å². The van der Waals surface area contributed by atoms with Gasteiger partial charge in [-0.25, -0.2) is 9.36 Å². The molecule has 3 atom stereocenters. The molecule has 0 amide bonds. The first kappa shape index (κ1) is 53.2. The number of carbonyl (C=O) groups excluding carboxylic acids is 2. The molecule has 10 nitrogen and oxygen atoms in total. The van der Waals surface area contributed by atoms with Crippen LogP contribution in [0, 0.1) is 0 Å². The molecule has 0 aliphatic rings. The van der Waals surface area contributed by atoms with Crippen LogP contribution in [0.4, 0.5) is 0 Å². The van der Waals surface area contributed by atoms with Crippen LogP contribution in [0.1, 0.15) is 194 Å². The van der Waals surface area contributed by atoms with E-state index in [4.69, 9.17) is 19.1 Å². The summed E-state index contributed by atoms with van der Waals surface area (Å²) < 4.78 is 32.5. The van der Waals surface area contributed by atoms with Crippen molar-refractivity contribution in [2.45, 2.75) is 206 Å². The van der Waals surface area contributed by atoms with E-state index >= 15 is 0 Å². The predicted octanol–water partition coefficient (Wildman–Crippen LogP) is 11.6. The number of hydrogen-bond acceptors (Lipinski definition) is 9. The Bertz CT molecular complexity index is 1010. The van der Waals surface area contributed by atoms with Crippen molar-refractivity contribution < 1.29 is 47.8 Å². The van der Waals surface area contributed by atoms with Crippen molar-refractivity contribution in [1.29, 1.82) is 0 Å². The van der Waals surface area contributed by atoms with Crippen LogP contribution in [0.5, 0.6) is 0 Å². The Kier molecular flexibility index (Phi) is 39.1. The second-order valence-electron chi connectivity index (χ2n) is 14.8. The van der Waals surface area contributed by atoms with E-state index in [0.717, 1.165) is 38.5 Å². The number of aliphatic hydroxyl groups is 2. The fourth-order valence-corrected chi connectivity index (χ4v) is 6.74. The number of hydrogen-bond donors (Lipinski definition) is 3. The molecule has 0 radical (unpaired) electrons. The molecule has 3 N–H and O–H groups in total. The van der Waals surface area contributed by atoms with E-state index in [2.05, 4.69) is 30.5 Å². The number of rotatable bonds is 41. The summed E-state index contributed by atoms with van der Waals surface area (Å²) in [7, 11) is -4.64. The lowest BCUT2D eigenvalue weighted by atomic mass is 10.1. The first-order chi connectivity index (χ1) is 26.7. The standard InChI is InChI=1S/C44H81O10P/c1-3-5-7-9-11-13-15-17-19-20-22-23-25-27-29-31-33-35-43(47)51-39-42(40-53-55(49,50)52-38-41(46)37-45)54-44(48)36-34-32-30-28-26-24-21-18-16-14-12-10-8-6-4-2/h17,19,30,32,34,36,41-42,45-46H,3-16,18,20-29,31,33,35,37-40H2,1-2H3,(H,49,50)/b19-17+,32-30+,36-34+/t41-,42+/m0/s1. The van der Waals surface area contributed by atoms with Crippen LogP contribution >= 0.6 is 7.82 Å².